The largest absolute Gasteiger partial charge is 0.862 e. The van der Waals surface area contributed by atoms with Crippen molar-refractivity contribution >= 4 is 18.1 Å². The molecule has 0 aromatic carbocycles. The average molecular weight is 352 g/mol. The van der Waals surface area contributed by atoms with Crippen molar-refractivity contribution in [2.45, 2.75) is 0 Å². The molecule has 0 amide bonds. The van der Waals surface area contributed by atoms with Gasteiger partial charge in [-0.2, -0.15) is 0 Å². The van der Waals surface area contributed by atoms with Crippen molar-refractivity contribution in [2.24, 2.45) is 0 Å². The minimum Gasteiger partial charge on any atom is -0.862 e. The van der Waals surface area contributed by atoms with Gasteiger partial charge in [-0.15, -0.1) is 18.1 Å². The van der Waals surface area contributed by atoms with Gasteiger partial charge in [0.05, 0.1) is 0 Å². The summed E-state index contributed by atoms with van der Waals surface area (Å²) < 4.78 is 2.57. The molecule has 0 aromatic heterocycles. The van der Waals surface area contributed by atoms with Crippen LogP contribution in [0.2, 0.25) is 0 Å². The Morgan fingerprint density at radius 1 is 0.700 bits per heavy atom. The van der Waals surface area contributed by atoms with E-state index in [1.54, 1.807) is 0 Å². The number of hydrogen-bond acceptors (Lipinski definition) is 7. The Hall–Kier alpha value is 0.842. The molecular formula is O7Si2W-6. The molecule has 0 spiro atoms. The van der Waals surface area contributed by atoms with E-state index < -0.39 is 18.1 Å². The topological polar surface area (TPSA) is 148 Å². The van der Waals surface area contributed by atoms with Gasteiger partial charge in [0.25, 0.3) is 0 Å². The fourth-order valence-electron chi connectivity index (χ4n) is 0.153. The van der Waals surface area contributed by atoms with Crippen LogP contribution in [0.25, 0.3) is 0 Å². The fraction of sp³-hybridized carbons (Fsp3) is 0. The van der Waals surface area contributed by atoms with Crippen molar-refractivity contribution in [1.82, 2.24) is 0 Å². The minimum atomic E-state index is -5.92. The Balaban J connectivity index is 0. The van der Waals surface area contributed by atoms with E-state index in [2.05, 4.69) is 4.12 Å². The number of hydrogen-bond donors (Lipinski definition) is 0. The fourth-order valence-corrected chi connectivity index (χ4v) is 1.38. The van der Waals surface area contributed by atoms with E-state index in [-0.39, 0.29) is 21.1 Å². The summed E-state index contributed by atoms with van der Waals surface area (Å²) in [4.78, 5) is 56.2. The molecule has 0 fully saturated rings. The van der Waals surface area contributed by atoms with E-state index >= 15 is 0 Å². The van der Waals surface area contributed by atoms with Crippen LogP contribution in [0, 0.1) is 0 Å². The summed E-state index contributed by atoms with van der Waals surface area (Å²) in [5.74, 6) is 0. The predicted molar refractivity (Wildman–Crippen MR) is 12.6 cm³/mol. The van der Waals surface area contributed by atoms with Crippen LogP contribution in [0.5, 0.6) is 0 Å². The molecule has 0 saturated heterocycles. The molecule has 0 heterocycles. The standard InChI is InChI=1S/O7Si2.W/c1-8(2,3)7-9(4,5)6;/q-6;. The summed E-state index contributed by atoms with van der Waals surface area (Å²) >= 11 is 0. The molecule has 0 rings (SSSR count). The third-order valence-corrected chi connectivity index (χ3v) is 2.25. The molecule has 0 aliphatic heterocycles. The Kier molecular flexibility index (Phi) is 5.39. The molecule has 0 unspecified atom stereocenters. The molecule has 0 atom stereocenters. The first-order chi connectivity index (χ1) is 3.71. The van der Waals surface area contributed by atoms with Gasteiger partial charge < -0.3 is 32.9 Å². The van der Waals surface area contributed by atoms with Gasteiger partial charge >= 0.3 is 0 Å². The summed E-state index contributed by atoms with van der Waals surface area (Å²) in [5, 5.41) is 0. The van der Waals surface area contributed by atoms with Crippen LogP contribution in [0.15, 0.2) is 0 Å². The summed E-state index contributed by atoms with van der Waals surface area (Å²) in [6, 6.07) is 0. The first kappa shape index (κ1) is 13.4. The van der Waals surface area contributed by atoms with Crippen molar-refractivity contribution in [3.63, 3.8) is 0 Å². The Labute approximate surface area is 72.4 Å². The monoisotopic (exact) mass is 352 g/mol. The maximum atomic E-state index is 9.36. The molecule has 0 aromatic rings. The van der Waals surface area contributed by atoms with Crippen LogP contribution in [-0.4, -0.2) is 18.1 Å². The minimum absolute atomic E-state index is 0. The Morgan fingerprint density at radius 3 is 0.900 bits per heavy atom. The van der Waals surface area contributed by atoms with Gasteiger partial charge in [0.1, 0.15) is 0 Å². The van der Waals surface area contributed by atoms with Gasteiger partial charge in [0.2, 0.25) is 0 Å². The molecule has 0 aliphatic carbocycles. The van der Waals surface area contributed by atoms with E-state index in [4.69, 9.17) is 0 Å². The first-order valence-electron chi connectivity index (χ1n) is 1.63. The maximum Gasteiger partial charge on any atom is 0 e. The quantitative estimate of drug-likeness (QED) is 0.448. The zero-order valence-electron chi connectivity index (χ0n) is 4.27. The third-order valence-electron chi connectivity index (χ3n) is 0.250. The van der Waals surface area contributed by atoms with Crippen molar-refractivity contribution in [2.75, 3.05) is 0 Å². The molecule has 0 bridgehead atoms. The van der Waals surface area contributed by atoms with Gasteiger partial charge in [-0.25, -0.2) is 0 Å². The predicted octanol–water partition coefficient (Wildman–Crippen LogP) is -7.97. The van der Waals surface area contributed by atoms with Gasteiger partial charge in [-0.1, -0.05) is 0 Å². The zero-order valence-corrected chi connectivity index (χ0v) is 9.20. The molecule has 0 saturated carbocycles. The summed E-state index contributed by atoms with van der Waals surface area (Å²) in [7, 11) is -11.8. The maximum absolute atomic E-state index is 9.36. The summed E-state index contributed by atoms with van der Waals surface area (Å²) in [6.45, 7) is 0. The third kappa shape index (κ3) is 11.6. The van der Waals surface area contributed by atoms with Crippen molar-refractivity contribution < 1.29 is 54.0 Å². The van der Waals surface area contributed by atoms with Crippen molar-refractivity contribution in [3.8, 4) is 0 Å². The normalized spacial score (nSPS) is 12.6. The average Bonchev–Trinajstić information content (AvgIpc) is 1.14. The van der Waals surface area contributed by atoms with E-state index in [0.717, 1.165) is 0 Å². The molecular weight excluding hydrogens is 352 g/mol. The SMILES string of the molecule is [O-][Si]([O-])([O-])O[Si]([O-])([O-])[O-].[W]. The first-order valence-corrected chi connectivity index (χ1v) is 4.90. The van der Waals surface area contributed by atoms with Gasteiger partial charge in [0.15, 0.2) is 0 Å². The summed E-state index contributed by atoms with van der Waals surface area (Å²) in [6.07, 6.45) is 0. The second-order valence-corrected chi connectivity index (χ2v) is 3.92. The van der Waals surface area contributed by atoms with E-state index in [0.29, 0.717) is 0 Å². The van der Waals surface area contributed by atoms with Crippen molar-refractivity contribution in [3.05, 3.63) is 0 Å². The van der Waals surface area contributed by atoms with Crippen LogP contribution in [-0.2, 0) is 25.2 Å². The molecule has 10 heteroatoms. The van der Waals surface area contributed by atoms with Crippen LogP contribution in [0.3, 0.4) is 0 Å². The summed E-state index contributed by atoms with van der Waals surface area (Å²) in [5.41, 5.74) is 0. The zero-order chi connectivity index (χ0) is 7.71. The molecule has 10 heavy (non-hydrogen) atoms. The van der Waals surface area contributed by atoms with Gasteiger partial charge in [-0.3, -0.25) is 0 Å². The van der Waals surface area contributed by atoms with E-state index in [1.807, 2.05) is 0 Å². The molecule has 62 valence electrons. The van der Waals surface area contributed by atoms with E-state index in [1.165, 1.54) is 0 Å². The molecule has 0 radical (unpaired) electrons. The van der Waals surface area contributed by atoms with Gasteiger partial charge in [0, 0.05) is 21.1 Å². The number of rotatable bonds is 2. The van der Waals surface area contributed by atoms with Crippen LogP contribution in [0.4, 0.5) is 0 Å². The molecule has 0 aliphatic rings. The Bertz CT molecular complexity index is 76.8. The van der Waals surface area contributed by atoms with Crippen LogP contribution >= 0.6 is 0 Å². The van der Waals surface area contributed by atoms with Crippen LogP contribution in [0.1, 0.15) is 0 Å². The second-order valence-electron chi connectivity index (χ2n) is 1.10. The van der Waals surface area contributed by atoms with Crippen molar-refractivity contribution in [1.29, 1.82) is 0 Å². The second kappa shape index (κ2) is 4.02. The molecule has 7 nitrogen and oxygen atoms in total. The van der Waals surface area contributed by atoms with E-state index in [9.17, 15) is 28.8 Å². The van der Waals surface area contributed by atoms with Crippen LogP contribution < -0.4 is 28.8 Å². The molecule has 0 N–H and O–H groups in total. The Morgan fingerprint density at radius 2 is 0.900 bits per heavy atom. The van der Waals surface area contributed by atoms with Gasteiger partial charge in [-0.05, 0) is 0 Å². The smallest absolute Gasteiger partial charge is 0 e.